The van der Waals surface area contributed by atoms with Gasteiger partial charge in [-0.15, -0.1) is 0 Å². The Hall–Kier alpha value is -3.30. The first-order chi connectivity index (χ1) is 19.0. The molecular formula is C30H31ClFN3O5. The van der Waals surface area contributed by atoms with Crippen molar-refractivity contribution in [1.29, 1.82) is 0 Å². The lowest BCUT2D eigenvalue weighted by Crippen LogP contribution is -2.44. The highest BCUT2D eigenvalue weighted by molar-refractivity contribution is 6.32. The Morgan fingerprint density at radius 1 is 1.30 bits per heavy atom. The van der Waals surface area contributed by atoms with Gasteiger partial charge in [0.1, 0.15) is 12.4 Å². The van der Waals surface area contributed by atoms with E-state index in [1.807, 2.05) is 0 Å². The highest BCUT2D eigenvalue weighted by atomic mass is 35.5. The van der Waals surface area contributed by atoms with Crippen LogP contribution in [-0.2, 0) is 39.5 Å². The monoisotopic (exact) mass is 567 g/mol. The van der Waals surface area contributed by atoms with Crippen LogP contribution in [0, 0.1) is 11.7 Å². The summed E-state index contributed by atoms with van der Waals surface area (Å²) < 4.78 is 21.6. The van der Waals surface area contributed by atoms with Gasteiger partial charge in [0.2, 0.25) is 5.91 Å². The summed E-state index contributed by atoms with van der Waals surface area (Å²) in [7, 11) is 0. The first-order valence-corrected chi connectivity index (χ1v) is 14.2. The molecule has 10 heteroatoms. The maximum absolute atomic E-state index is 14.9. The highest BCUT2D eigenvalue weighted by Crippen LogP contribution is 2.46. The fourth-order valence-electron chi connectivity index (χ4n) is 6.44. The van der Waals surface area contributed by atoms with Crippen LogP contribution in [-0.4, -0.2) is 26.5 Å². The van der Waals surface area contributed by atoms with Crippen LogP contribution >= 0.6 is 11.6 Å². The van der Waals surface area contributed by atoms with E-state index in [9.17, 15) is 23.9 Å². The minimum Gasteiger partial charge on any atom is -0.458 e. The molecule has 0 spiro atoms. The molecule has 2 aliphatic heterocycles. The second kappa shape index (κ2) is 9.66. The third-order valence-electron chi connectivity index (χ3n) is 8.56. The quantitative estimate of drug-likeness (QED) is 0.324. The lowest BCUT2D eigenvalue weighted by Gasteiger charge is -2.31. The van der Waals surface area contributed by atoms with E-state index in [1.165, 1.54) is 6.07 Å². The summed E-state index contributed by atoms with van der Waals surface area (Å²) in [6.45, 7) is 5.84. The fraction of sp³-hybridized carbons (Fsp3) is 0.467. The zero-order chi connectivity index (χ0) is 28.5. The molecule has 210 valence electrons. The third kappa shape index (κ3) is 3.96. The molecule has 8 nitrogen and oxygen atoms in total. The van der Waals surface area contributed by atoms with Crippen LogP contribution in [0.5, 0.6) is 0 Å². The Balaban J connectivity index is 1.53. The second-order valence-corrected chi connectivity index (χ2v) is 11.8. The van der Waals surface area contributed by atoms with Gasteiger partial charge in [-0.05, 0) is 48.8 Å². The van der Waals surface area contributed by atoms with Gasteiger partial charge in [-0.1, -0.05) is 38.8 Å². The van der Waals surface area contributed by atoms with E-state index in [2.05, 4.69) is 19.2 Å². The van der Waals surface area contributed by atoms with E-state index in [0.717, 1.165) is 24.0 Å². The zero-order valence-corrected chi connectivity index (χ0v) is 23.5. The van der Waals surface area contributed by atoms with Gasteiger partial charge in [0, 0.05) is 29.0 Å². The van der Waals surface area contributed by atoms with Crippen molar-refractivity contribution in [1.82, 2.24) is 14.9 Å². The van der Waals surface area contributed by atoms with Crippen molar-refractivity contribution in [2.24, 2.45) is 5.92 Å². The number of carbonyl (C=O) groups is 2. The lowest BCUT2D eigenvalue weighted by atomic mass is 9.83. The molecule has 2 atom stereocenters. The number of rotatable bonds is 6. The van der Waals surface area contributed by atoms with Crippen molar-refractivity contribution in [2.75, 3.05) is 0 Å². The fourth-order valence-corrected chi connectivity index (χ4v) is 6.68. The summed E-state index contributed by atoms with van der Waals surface area (Å²) in [5.41, 5.74) is 1.58. The molecule has 0 saturated heterocycles. The molecule has 3 aliphatic rings. The number of benzene rings is 1. The van der Waals surface area contributed by atoms with Gasteiger partial charge in [-0.2, -0.15) is 0 Å². The van der Waals surface area contributed by atoms with Crippen LogP contribution in [0.4, 0.5) is 4.39 Å². The molecule has 0 radical (unpaired) electrons. The van der Waals surface area contributed by atoms with Crippen LogP contribution in [0.15, 0.2) is 16.9 Å². The topological polar surface area (TPSA) is 111 Å². The largest absolute Gasteiger partial charge is 0.458 e. The summed E-state index contributed by atoms with van der Waals surface area (Å²) in [6.07, 6.45) is 3.16. The molecule has 2 N–H and O–H groups in total. The predicted octanol–water partition coefficient (Wildman–Crippen LogP) is 4.80. The van der Waals surface area contributed by atoms with Gasteiger partial charge in [0.15, 0.2) is 5.60 Å². The zero-order valence-electron chi connectivity index (χ0n) is 22.7. The molecule has 4 heterocycles. The Morgan fingerprint density at radius 2 is 2.08 bits per heavy atom. The smallest absolute Gasteiger partial charge is 0.343 e. The highest BCUT2D eigenvalue weighted by Gasteiger charge is 2.46. The number of esters is 1. The van der Waals surface area contributed by atoms with Crippen LogP contribution in [0.25, 0.3) is 22.3 Å². The van der Waals surface area contributed by atoms with E-state index in [0.29, 0.717) is 53.0 Å². The molecule has 6 rings (SSSR count). The van der Waals surface area contributed by atoms with Gasteiger partial charge >= 0.3 is 5.97 Å². The standard InChI is InChI=1S/C30H31ClFN3O5/c1-4-30(39)18-10-22-27-16(12-35(22)28(37)17(18)13-40-29(30)38)25-20(33-23(36)7-5-6-14(2)3)9-8-15-24(25)21(34-27)11-19(32)26(15)31/h10-11,14,20,39H,4-9,12-13H2,1-3H3,(H,33,36)/t20-,30-/m0/s1. The maximum atomic E-state index is 14.9. The van der Waals surface area contributed by atoms with Crippen molar-refractivity contribution < 1.29 is 23.8 Å². The van der Waals surface area contributed by atoms with Gasteiger partial charge in [-0.25, -0.2) is 14.2 Å². The maximum Gasteiger partial charge on any atom is 0.343 e. The minimum atomic E-state index is -1.95. The van der Waals surface area contributed by atoms with Gasteiger partial charge in [0.25, 0.3) is 5.56 Å². The number of aliphatic hydroxyl groups is 1. The molecule has 3 aromatic rings. The molecule has 1 amide bonds. The normalized spacial score (nSPS) is 20.8. The molecular weight excluding hydrogens is 537 g/mol. The number of aryl methyl sites for hydroxylation is 1. The summed E-state index contributed by atoms with van der Waals surface area (Å²) in [5.74, 6) is -0.938. The molecule has 1 aliphatic carbocycles. The Kier molecular flexibility index (Phi) is 6.50. The number of hydrogen-bond donors (Lipinski definition) is 2. The summed E-state index contributed by atoms with van der Waals surface area (Å²) in [6, 6.07) is 2.56. The Morgan fingerprint density at radius 3 is 2.80 bits per heavy atom. The minimum absolute atomic E-state index is 0.0307. The number of halogens is 2. The number of ether oxygens (including phenoxy) is 1. The first-order valence-electron chi connectivity index (χ1n) is 13.8. The van der Waals surface area contributed by atoms with E-state index in [1.54, 1.807) is 17.6 Å². The predicted molar refractivity (Wildman–Crippen MR) is 147 cm³/mol. The summed E-state index contributed by atoms with van der Waals surface area (Å²) in [4.78, 5) is 44.0. The van der Waals surface area contributed by atoms with Crippen molar-refractivity contribution in [2.45, 2.75) is 84.1 Å². The summed E-state index contributed by atoms with van der Waals surface area (Å²) >= 11 is 6.42. The number of pyridine rings is 2. The van der Waals surface area contributed by atoms with Crippen LogP contribution < -0.4 is 10.9 Å². The van der Waals surface area contributed by atoms with Crippen LogP contribution in [0.3, 0.4) is 0 Å². The first kappa shape index (κ1) is 26.9. The van der Waals surface area contributed by atoms with E-state index >= 15 is 0 Å². The second-order valence-electron chi connectivity index (χ2n) is 11.4. The Bertz CT molecular complexity index is 1670. The lowest BCUT2D eigenvalue weighted by molar-refractivity contribution is -0.172. The van der Waals surface area contributed by atoms with Gasteiger partial charge < -0.3 is 19.7 Å². The average molecular weight is 568 g/mol. The third-order valence-corrected chi connectivity index (χ3v) is 8.97. The number of hydrogen-bond acceptors (Lipinski definition) is 6. The summed E-state index contributed by atoms with van der Waals surface area (Å²) in [5, 5.41) is 15.1. The van der Waals surface area contributed by atoms with Gasteiger partial charge in [-0.3, -0.25) is 9.59 Å². The van der Waals surface area contributed by atoms with E-state index in [-0.39, 0.29) is 53.2 Å². The number of aromatic nitrogens is 2. The number of fused-ring (bicyclic) bond motifs is 5. The molecule has 0 bridgehead atoms. The molecule has 1 aromatic carbocycles. The number of nitrogens with one attached hydrogen (secondary N) is 1. The number of cyclic esters (lactones) is 1. The van der Waals surface area contributed by atoms with Gasteiger partial charge in [0.05, 0.1) is 40.1 Å². The molecule has 0 fully saturated rings. The Labute approximate surface area is 235 Å². The molecule has 40 heavy (non-hydrogen) atoms. The van der Waals surface area contributed by atoms with E-state index < -0.39 is 17.4 Å². The van der Waals surface area contributed by atoms with Crippen molar-refractivity contribution in [3.63, 3.8) is 0 Å². The molecule has 2 aromatic heterocycles. The van der Waals surface area contributed by atoms with Crippen molar-refractivity contribution in [3.8, 4) is 11.4 Å². The number of carbonyl (C=O) groups excluding carboxylic acids is 2. The van der Waals surface area contributed by atoms with Crippen molar-refractivity contribution >= 4 is 34.4 Å². The van der Waals surface area contributed by atoms with E-state index in [4.69, 9.17) is 21.3 Å². The number of amides is 1. The van der Waals surface area contributed by atoms with Crippen LogP contribution in [0.1, 0.15) is 86.7 Å². The number of nitrogens with zero attached hydrogens (tertiary/aromatic N) is 2. The molecule has 0 unspecified atom stereocenters. The SMILES string of the molecule is CC[C@@]1(O)C(=O)OCc2c1cc1n(c2=O)Cc2c-1nc1cc(F)c(Cl)c3c1c2[C@@H](NC(=O)CCCC(C)C)CC3. The van der Waals surface area contributed by atoms with Crippen molar-refractivity contribution in [3.05, 3.63) is 61.1 Å². The van der Waals surface area contributed by atoms with Crippen LogP contribution in [0.2, 0.25) is 5.02 Å². The molecule has 0 saturated carbocycles. The average Bonchev–Trinajstić information content (AvgIpc) is 3.28.